The van der Waals surface area contributed by atoms with Gasteiger partial charge in [0, 0.05) is 0 Å². The van der Waals surface area contributed by atoms with Gasteiger partial charge in [0.1, 0.15) is 0 Å². The average molecular weight is 151 g/mol. The van der Waals surface area contributed by atoms with Gasteiger partial charge in [0.05, 0.1) is 0 Å². The minimum atomic E-state index is 0.333. The van der Waals surface area contributed by atoms with Gasteiger partial charge in [-0.05, 0) is 0 Å². The van der Waals surface area contributed by atoms with Gasteiger partial charge in [-0.2, -0.15) is 0 Å². The zero-order valence-corrected chi connectivity index (χ0v) is 6.17. The van der Waals surface area contributed by atoms with E-state index in [4.69, 9.17) is 0 Å². The molecule has 1 heteroatoms. The fraction of sp³-hybridized carbons (Fsp3) is 0.333. The van der Waals surface area contributed by atoms with Gasteiger partial charge in [0.15, 0.2) is 0 Å². The molecule has 0 aromatic rings. The molecule has 0 amide bonds. The Balaban J connectivity index is 2.45. The quantitative estimate of drug-likeness (QED) is 0.457. The van der Waals surface area contributed by atoms with E-state index >= 15 is 0 Å². The van der Waals surface area contributed by atoms with Crippen molar-refractivity contribution in [1.82, 2.24) is 0 Å². The Morgan fingerprint density at radius 1 is 1.14 bits per heavy atom. The first-order valence-electron chi connectivity index (χ1n) is 2.62. The first-order chi connectivity index (χ1) is 3.45. The second-order valence-corrected chi connectivity index (χ2v) is 5.23. The Bertz CT molecular complexity index is 136. The molecule has 2 radical (unpaired) electrons. The molecule has 7 heavy (non-hydrogen) atoms. The molecule has 1 fully saturated rings. The molecule has 0 saturated carbocycles. The van der Waals surface area contributed by atoms with Crippen molar-refractivity contribution in [3.05, 3.63) is 21.0 Å². The van der Waals surface area contributed by atoms with Gasteiger partial charge in [-0.3, -0.25) is 0 Å². The monoisotopic (exact) mass is 152 g/mol. The maximum absolute atomic E-state index is 2.32. The molecule has 0 N–H and O–H groups in total. The third kappa shape index (κ3) is 0.496. The standard InChI is InChI=1S/C6H6Ge/c1-2-6-4-3-5(1)7-6/h1-2H,3-4H2. The van der Waals surface area contributed by atoms with Gasteiger partial charge in [0.25, 0.3) is 0 Å². The Morgan fingerprint density at radius 3 is 1.86 bits per heavy atom. The Morgan fingerprint density at radius 2 is 1.71 bits per heavy atom. The summed E-state index contributed by atoms with van der Waals surface area (Å²) in [6.07, 6.45) is 7.45. The summed E-state index contributed by atoms with van der Waals surface area (Å²) in [7, 11) is 0. The summed E-state index contributed by atoms with van der Waals surface area (Å²) in [5, 5.41) is 0. The van der Waals surface area contributed by atoms with E-state index in [0.717, 1.165) is 0 Å². The van der Waals surface area contributed by atoms with Crippen molar-refractivity contribution in [1.29, 1.82) is 0 Å². The number of rotatable bonds is 0. The van der Waals surface area contributed by atoms with Crippen molar-refractivity contribution in [3.8, 4) is 0 Å². The third-order valence-corrected chi connectivity index (χ3v) is 4.57. The second kappa shape index (κ2) is 1.25. The normalized spacial score (nSPS) is 25.1. The van der Waals surface area contributed by atoms with Gasteiger partial charge in [0.2, 0.25) is 0 Å². The van der Waals surface area contributed by atoms with Crippen LogP contribution in [-0.2, 0) is 0 Å². The van der Waals surface area contributed by atoms with Crippen LogP contribution in [0.4, 0.5) is 0 Å². The topological polar surface area (TPSA) is 0 Å². The predicted octanol–water partition coefficient (Wildman–Crippen LogP) is 1.27. The molecule has 0 nitrogen and oxygen atoms in total. The maximum atomic E-state index is 2.32. The molecule has 0 spiro atoms. The Labute approximate surface area is 49.8 Å². The molecule has 2 aliphatic heterocycles. The molecule has 2 rings (SSSR count). The molecule has 0 aliphatic carbocycles. The van der Waals surface area contributed by atoms with Gasteiger partial charge in [-0.15, -0.1) is 0 Å². The first-order valence-corrected chi connectivity index (χ1v) is 4.72. The fourth-order valence-corrected chi connectivity index (χ4v) is 3.67. The van der Waals surface area contributed by atoms with E-state index in [2.05, 4.69) is 12.2 Å². The zero-order valence-electron chi connectivity index (χ0n) is 4.07. The molecule has 0 atom stereocenters. The van der Waals surface area contributed by atoms with Crippen molar-refractivity contribution in [2.24, 2.45) is 0 Å². The second-order valence-electron chi connectivity index (χ2n) is 2.01. The van der Waals surface area contributed by atoms with Gasteiger partial charge in [-0.1, -0.05) is 0 Å². The molecule has 0 aromatic carbocycles. The third-order valence-electron chi connectivity index (χ3n) is 1.47. The number of hydrogen-bond donors (Lipinski definition) is 0. The summed E-state index contributed by atoms with van der Waals surface area (Å²) in [6.45, 7) is 0. The van der Waals surface area contributed by atoms with E-state index in [1.807, 2.05) is 0 Å². The number of fused-ring (bicyclic) bond motifs is 2. The van der Waals surface area contributed by atoms with E-state index in [0.29, 0.717) is 15.4 Å². The van der Waals surface area contributed by atoms with Crippen LogP contribution in [0.25, 0.3) is 0 Å². The fourth-order valence-electron chi connectivity index (χ4n) is 1.05. The summed E-state index contributed by atoms with van der Waals surface area (Å²) in [4.78, 5) is 0. The predicted molar refractivity (Wildman–Crippen MR) is 31.2 cm³/mol. The summed E-state index contributed by atoms with van der Waals surface area (Å²) in [5.74, 6) is 0. The van der Waals surface area contributed by atoms with Crippen LogP contribution in [0.5, 0.6) is 0 Å². The molecule has 2 heterocycles. The summed E-state index contributed by atoms with van der Waals surface area (Å²) in [5.41, 5.74) is 0. The van der Waals surface area contributed by atoms with Crippen molar-refractivity contribution in [2.45, 2.75) is 12.8 Å². The summed E-state index contributed by atoms with van der Waals surface area (Å²) >= 11 is 0.333. The summed E-state index contributed by atoms with van der Waals surface area (Å²) < 4.78 is 3.55. The number of allylic oxidation sites excluding steroid dienone is 4. The van der Waals surface area contributed by atoms with Crippen molar-refractivity contribution in [3.63, 3.8) is 0 Å². The van der Waals surface area contributed by atoms with E-state index in [9.17, 15) is 0 Å². The summed E-state index contributed by atoms with van der Waals surface area (Å²) in [6, 6.07) is 0. The molecule has 34 valence electrons. The Kier molecular flexibility index (Phi) is 0.707. The van der Waals surface area contributed by atoms with E-state index in [-0.39, 0.29) is 0 Å². The van der Waals surface area contributed by atoms with Crippen LogP contribution in [-0.4, -0.2) is 15.4 Å². The molecule has 0 unspecified atom stereocenters. The van der Waals surface area contributed by atoms with Crippen LogP contribution in [0.1, 0.15) is 12.8 Å². The van der Waals surface area contributed by atoms with Crippen LogP contribution < -0.4 is 0 Å². The SMILES string of the molecule is C1=[C]2CC[C](=C1)[Ge]2. The zero-order chi connectivity index (χ0) is 4.69. The molecular weight excluding hydrogens is 145 g/mol. The van der Waals surface area contributed by atoms with Gasteiger partial charge < -0.3 is 0 Å². The minimum absolute atomic E-state index is 0.333. The van der Waals surface area contributed by atoms with Crippen molar-refractivity contribution >= 4 is 15.4 Å². The van der Waals surface area contributed by atoms with Crippen molar-refractivity contribution in [2.75, 3.05) is 0 Å². The van der Waals surface area contributed by atoms with Crippen LogP contribution >= 0.6 is 0 Å². The molecule has 0 aromatic heterocycles. The van der Waals surface area contributed by atoms with Crippen LogP contribution in [0.2, 0.25) is 0 Å². The van der Waals surface area contributed by atoms with Crippen molar-refractivity contribution < 1.29 is 0 Å². The molecule has 1 saturated heterocycles. The van der Waals surface area contributed by atoms with Gasteiger partial charge >= 0.3 is 49.2 Å². The van der Waals surface area contributed by atoms with Crippen LogP contribution in [0, 0.1) is 0 Å². The number of hydrogen-bond acceptors (Lipinski definition) is 0. The van der Waals surface area contributed by atoms with E-state index in [1.54, 1.807) is 8.81 Å². The Hall–Kier alpha value is 0.0229. The van der Waals surface area contributed by atoms with Crippen LogP contribution in [0.3, 0.4) is 0 Å². The first kappa shape index (κ1) is 3.96. The molecular formula is C6H6Ge. The molecule has 2 aliphatic rings. The average Bonchev–Trinajstić information content (AvgIpc) is 2.22. The van der Waals surface area contributed by atoms with E-state index in [1.165, 1.54) is 12.8 Å². The van der Waals surface area contributed by atoms with Crippen LogP contribution in [0.15, 0.2) is 21.0 Å². The van der Waals surface area contributed by atoms with Gasteiger partial charge in [-0.25, -0.2) is 0 Å². The molecule has 2 bridgehead atoms. The van der Waals surface area contributed by atoms with E-state index < -0.39 is 0 Å².